The molecule has 0 spiro atoms. The van der Waals surface area contributed by atoms with Crippen LogP contribution in [0, 0.1) is 11.6 Å². The Labute approximate surface area is 147 Å². The Morgan fingerprint density at radius 3 is 2.19 bits per heavy atom. The van der Waals surface area contributed by atoms with Crippen LogP contribution in [0.5, 0.6) is 0 Å². The minimum Gasteiger partial charge on any atom is -0.324 e. The smallest absolute Gasteiger partial charge is 0.276 e. The molecule has 3 rings (SSSR count). The first kappa shape index (κ1) is 17.3. The second kappa shape index (κ2) is 7.14. The summed E-state index contributed by atoms with van der Waals surface area (Å²) in [5.41, 5.74) is 0.719. The third-order valence-corrected chi connectivity index (χ3v) is 3.46. The molecule has 132 valence electrons. The summed E-state index contributed by atoms with van der Waals surface area (Å²) in [4.78, 5) is 23.6. The largest absolute Gasteiger partial charge is 0.324 e. The molecule has 2 N–H and O–H groups in total. The fourth-order valence-corrected chi connectivity index (χ4v) is 2.30. The summed E-state index contributed by atoms with van der Waals surface area (Å²) in [5.74, 6) is -3.40. The maximum Gasteiger partial charge on any atom is 0.276 e. The first-order valence-electron chi connectivity index (χ1n) is 7.63. The number of carbonyl (C=O) groups is 2. The summed E-state index contributed by atoms with van der Waals surface area (Å²) >= 11 is 0. The Morgan fingerprint density at radius 2 is 1.58 bits per heavy atom. The molecule has 0 unspecified atom stereocenters. The number of rotatable bonds is 4. The maximum absolute atomic E-state index is 13.5. The topological polar surface area (TPSA) is 76.0 Å². The Morgan fingerprint density at radius 1 is 0.962 bits per heavy atom. The number of carbonyl (C=O) groups excluding carboxylic acids is 2. The third-order valence-electron chi connectivity index (χ3n) is 3.46. The molecule has 8 heteroatoms. The third kappa shape index (κ3) is 3.75. The predicted molar refractivity (Wildman–Crippen MR) is 92.2 cm³/mol. The Balaban J connectivity index is 1.85. The number of hydrogen-bond acceptors (Lipinski definition) is 3. The zero-order valence-electron chi connectivity index (χ0n) is 13.7. The maximum atomic E-state index is 13.5. The quantitative estimate of drug-likeness (QED) is 0.753. The number of nitrogens with zero attached hydrogens (tertiary/aromatic N) is 2. The molecule has 3 aromatic rings. The second-order valence-electron chi connectivity index (χ2n) is 5.43. The molecule has 0 atom stereocenters. The zero-order chi connectivity index (χ0) is 18.7. The molecule has 1 aromatic heterocycles. The summed E-state index contributed by atoms with van der Waals surface area (Å²) in [7, 11) is 0. The van der Waals surface area contributed by atoms with E-state index < -0.39 is 23.4 Å². The number of benzene rings is 2. The van der Waals surface area contributed by atoms with Crippen LogP contribution in [0.2, 0.25) is 0 Å². The molecule has 6 nitrogen and oxygen atoms in total. The van der Waals surface area contributed by atoms with Gasteiger partial charge in [-0.3, -0.25) is 9.59 Å². The normalized spacial score (nSPS) is 10.4. The molecule has 0 saturated heterocycles. The Kier molecular flexibility index (Phi) is 4.74. The average Bonchev–Trinajstić information content (AvgIpc) is 3.10. The van der Waals surface area contributed by atoms with Crippen LogP contribution in [0.15, 0.2) is 54.7 Å². The standard InChI is InChI=1S/C18H14F2N4O2/c1-11(25)21-16-9-13(19)14(20)10-17(16)22-18(26)15-7-8-24(23-15)12-5-3-2-4-6-12/h2-10H,1H3,(H,21,25)(H,22,26). The summed E-state index contributed by atoms with van der Waals surface area (Å²) in [6, 6.07) is 12.2. The molecule has 0 fully saturated rings. The number of halogens is 2. The highest BCUT2D eigenvalue weighted by molar-refractivity contribution is 6.06. The molecular formula is C18H14F2N4O2. The molecule has 0 radical (unpaired) electrons. The highest BCUT2D eigenvalue weighted by atomic mass is 19.2. The molecular weight excluding hydrogens is 342 g/mol. The van der Waals surface area contributed by atoms with Gasteiger partial charge in [-0.15, -0.1) is 0 Å². The number of nitrogens with one attached hydrogen (secondary N) is 2. The molecule has 0 saturated carbocycles. The van der Waals surface area contributed by atoms with Gasteiger partial charge >= 0.3 is 0 Å². The number of hydrogen-bond donors (Lipinski definition) is 2. The van der Waals surface area contributed by atoms with Crippen molar-refractivity contribution >= 4 is 23.2 Å². The highest BCUT2D eigenvalue weighted by Crippen LogP contribution is 2.25. The van der Waals surface area contributed by atoms with Crippen molar-refractivity contribution in [3.8, 4) is 5.69 Å². The summed E-state index contributed by atoms with van der Waals surface area (Å²) < 4.78 is 28.4. The van der Waals surface area contributed by atoms with Gasteiger partial charge in [0.25, 0.3) is 5.91 Å². The number of amides is 2. The number of anilines is 2. The first-order valence-corrected chi connectivity index (χ1v) is 7.63. The Bertz CT molecular complexity index is 971. The Hall–Kier alpha value is -3.55. The number of para-hydroxylation sites is 1. The van der Waals surface area contributed by atoms with E-state index in [4.69, 9.17) is 0 Å². The van der Waals surface area contributed by atoms with Gasteiger partial charge in [-0.25, -0.2) is 13.5 Å². The molecule has 2 amide bonds. The molecule has 26 heavy (non-hydrogen) atoms. The average molecular weight is 356 g/mol. The molecule has 0 aliphatic carbocycles. The van der Waals surface area contributed by atoms with E-state index in [9.17, 15) is 18.4 Å². The van der Waals surface area contributed by atoms with Gasteiger partial charge in [0.2, 0.25) is 5.91 Å². The van der Waals surface area contributed by atoms with Crippen molar-refractivity contribution in [2.45, 2.75) is 6.92 Å². The molecule has 0 aliphatic rings. The summed E-state index contributed by atoms with van der Waals surface area (Å²) in [6.45, 7) is 1.22. The second-order valence-corrected chi connectivity index (χ2v) is 5.43. The lowest BCUT2D eigenvalue weighted by Crippen LogP contribution is -2.16. The van der Waals surface area contributed by atoms with Crippen LogP contribution in [0.3, 0.4) is 0 Å². The van der Waals surface area contributed by atoms with E-state index in [0.717, 1.165) is 17.8 Å². The minimum atomic E-state index is -1.15. The van der Waals surface area contributed by atoms with E-state index in [-0.39, 0.29) is 17.1 Å². The van der Waals surface area contributed by atoms with Crippen LogP contribution in [-0.4, -0.2) is 21.6 Å². The van der Waals surface area contributed by atoms with Gasteiger partial charge in [-0.2, -0.15) is 5.10 Å². The van der Waals surface area contributed by atoms with E-state index >= 15 is 0 Å². The van der Waals surface area contributed by atoms with Crippen molar-refractivity contribution in [2.75, 3.05) is 10.6 Å². The van der Waals surface area contributed by atoms with Gasteiger partial charge in [-0.05, 0) is 18.2 Å². The summed E-state index contributed by atoms with van der Waals surface area (Å²) in [6.07, 6.45) is 1.60. The van der Waals surface area contributed by atoms with Crippen molar-refractivity contribution in [3.63, 3.8) is 0 Å². The van der Waals surface area contributed by atoms with E-state index in [1.54, 1.807) is 6.20 Å². The summed E-state index contributed by atoms with van der Waals surface area (Å²) in [5, 5.41) is 8.93. The van der Waals surface area contributed by atoms with Crippen LogP contribution in [0.1, 0.15) is 17.4 Å². The van der Waals surface area contributed by atoms with Crippen LogP contribution < -0.4 is 10.6 Å². The van der Waals surface area contributed by atoms with E-state index in [1.807, 2.05) is 30.3 Å². The van der Waals surface area contributed by atoms with Gasteiger partial charge in [0.05, 0.1) is 17.1 Å². The first-order chi connectivity index (χ1) is 12.4. The molecule has 0 aliphatic heterocycles. The SMILES string of the molecule is CC(=O)Nc1cc(F)c(F)cc1NC(=O)c1ccn(-c2ccccc2)n1. The molecule has 2 aromatic carbocycles. The van der Waals surface area contributed by atoms with E-state index in [1.165, 1.54) is 17.7 Å². The van der Waals surface area contributed by atoms with Crippen molar-refractivity contribution in [1.29, 1.82) is 0 Å². The molecule has 0 bridgehead atoms. The van der Waals surface area contributed by atoms with E-state index in [0.29, 0.717) is 0 Å². The van der Waals surface area contributed by atoms with Gasteiger partial charge in [0, 0.05) is 25.3 Å². The monoisotopic (exact) mass is 356 g/mol. The van der Waals surface area contributed by atoms with Crippen LogP contribution in [0.4, 0.5) is 20.2 Å². The van der Waals surface area contributed by atoms with Crippen molar-refractivity contribution in [1.82, 2.24) is 9.78 Å². The van der Waals surface area contributed by atoms with Gasteiger partial charge in [-0.1, -0.05) is 18.2 Å². The lowest BCUT2D eigenvalue weighted by molar-refractivity contribution is -0.114. The predicted octanol–water partition coefficient (Wildman–Crippen LogP) is 3.36. The lowest BCUT2D eigenvalue weighted by Gasteiger charge is -2.11. The van der Waals surface area contributed by atoms with E-state index in [2.05, 4.69) is 15.7 Å². The fraction of sp³-hybridized carbons (Fsp3) is 0.0556. The van der Waals surface area contributed by atoms with Gasteiger partial charge < -0.3 is 10.6 Å². The van der Waals surface area contributed by atoms with Crippen molar-refractivity contribution in [2.24, 2.45) is 0 Å². The van der Waals surface area contributed by atoms with Crippen molar-refractivity contribution < 1.29 is 18.4 Å². The number of aromatic nitrogens is 2. The lowest BCUT2D eigenvalue weighted by atomic mass is 10.2. The van der Waals surface area contributed by atoms with Crippen molar-refractivity contribution in [3.05, 3.63) is 72.1 Å². The highest BCUT2D eigenvalue weighted by Gasteiger charge is 2.16. The van der Waals surface area contributed by atoms with Gasteiger partial charge in [0.1, 0.15) is 0 Å². The fourth-order valence-electron chi connectivity index (χ4n) is 2.30. The molecule has 1 heterocycles. The van der Waals surface area contributed by atoms with Crippen LogP contribution >= 0.6 is 0 Å². The van der Waals surface area contributed by atoms with Gasteiger partial charge in [0.15, 0.2) is 17.3 Å². The zero-order valence-corrected chi connectivity index (χ0v) is 13.7. The van der Waals surface area contributed by atoms with Crippen LogP contribution in [0.25, 0.3) is 5.69 Å². The van der Waals surface area contributed by atoms with Crippen LogP contribution in [-0.2, 0) is 4.79 Å². The minimum absolute atomic E-state index is 0.0488.